The van der Waals surface area contributed by atoms with E-state index in [0.29, 0.717) is 18.1 Å². The van der Waals surface area contributed by atoms with Crippen LogP contribution in [0.1, 0.15) is 18.4 Å². The second-order valence-electron chi connectivity index (χ2n) is 4.77. The molecule has 1 aromatic rings. The van der Waals surface area contributed by atoms with E-state index in [1.165, 1.54) is 12.8 Å². The van der Waals surface area contributed by atoms with Crippen molar-refractivity contribution in [3.63, 3.8) is 0 Å². The molecule has 2 rings (SSSR count). The van der Waals surface area contributed by atoms with Crippen molar-refractivity contribution in [1.82, 2.24) is 4.90 Å². The van der Waals surface area contributed by atoms with Crippen LogP contribution < -0.4 is 5.46 Å². The fraction of sp³-hybridized carbons (Fsp3) is 0.538. The lowest BCUT2D eigenvalue weighted by atomic mass is 9.77. The molecule has 0 saturated heterocycles. The summed E-state index contributed by atoms with van der Waals surface area (Å²) in [5.74, 6) is 0. The van der Waals surface area contributed by atoms with E-state index in [0.717, 1.165) is 18.7 Å². The zero-order valence-electron chi connectivity index (χ0n) is 10.7. The Morgan fingerprint density at radius 1 is 1.33 bits per heavy atom. The average molecular weight is 249 g/mol. The van der Waals surface area contributed by atoms with Crippen molar-refractivity contribution in [2.75, 3.05) is 20.3 Å². The third kappa shape index (κ3) is 3.56. The molecule has 5 heteroatoms. The van der Waals surface area contributed by atoms with Crippen LogP contribution in [0.4, 0.5) is 0 Å². The minimum atomic E-state index is -1.40. The first-order valence-electron chi connectivity index (χ1n) is 6.39. The zero-order chi connectivity index (χ0) is 13.0. The van der Waals surface area contributed by atoms with E-state index in [-0.39, 0.29) is 0 Å². The van der Waals surface area contributed by atoms with E-state index in [4.69, 9.17) is 4.74 Å². The minimum absolute atomic E-state index is 0.598. The topological polar surface area (TPSA) is 52.9 Å². The number of benzene rings is 1. The molecule has 4 nitrogen and oxygen atoms in total. The van der Waals surface area contributed by atoms with E-state index >= 15 is 0 Å². The summed E-state index contributed by atoms with van der Waals surface area (Å²) in [6, 6.07) is 8.11. The quantitative estimate of drug-likeness (QED) is 0.667. The first kappa shape index (κ1) is 13.6. The number of nitrogens with zero attached hydrogens (tertiary/aromatic N) is 1. The van der Waals surface area contributed by atoms with Crippen LogP contribution >= 0.6 is 0 Å². The number of ether oxygens (including phenoxy) is 1. The molecule has 0 unspecified atom stereocenters. The van der Waals surface area contributed by atoms with Gasteiger partial charge in [0.05, 0.1) is 6.61 Å². The lowest BCUT2D eigenvalue weighted by Crippen LogP contribution is -2.37. The summed E-state index contributed by atoms with van der Waals surface area (Å²) >= 11 is 0. The molecule has 1 aliphatic carbocycles. The minimum Gasteiger partial charge on any atom is -0.423 e. The molecule has 0 aromatic heterocycles. The molecule has 1 fully saturated rings. The van der Waals surface area contributed by atoms with Crippen LogP contribution in [0, 0.1) is 0 Å². The van der Waals surface area contributed by atoms with E-state index in [2.05, 4.69) is 4.90 Å². The Morgan fingerprint density at radius 2 is 2.06 bits per heavy atom. The molecular formula is C13H20BNO3. The summed E-state index contributed by atoms with van der Waals surface area (Å²) in [6.07, 6.45) is 2.46. The molecule has 0 amide bonds. The van der Waals surface area contributed by atoms with Crippen molar-refractivity contribution in [3.8, 4) is 0 Å². The van der Waals surface area contributed by atoms with Gasteiger partial charge in [0, 0.05) is 26.2 Å². The Balaban J connectivity index is 2.05. The van der Waals surface area contributed by atoms with Crippen LogP contribution in [-0.4, -0.2) is 48.4 Å². The number of hydrogen-bond acceptors (Lipinski definition) is 4. The highest BCUT2D eigenvalue weighted by Crippen LogP contribution is 2.27. The SMILES string of the molecule is COCCN(Cc1ccccc1B(O)O)C1CC1. The van der Waals surface area contributed by atoms with Crippen molar-refractivity contribution >= 4 is 12.6 Å². The van der Waals surface area contributed by atoms with Crippen LogP contribution in [0.5, 0.6) is 0 Å². The van der Waals surface area contributed by atoms with E-state index < -0.39 is 7.12 Å². The van der Waals surface area contributed by atoms with Crippen molar-refractivity contribution in [2.45, 2.75) is 25.4 Å². The normalized spacial score (nSPS) is 15.1. The van der Waals surface area contributed by atoms with Gasteiger partial charge < -0.3 is 14.8 Å². The average Bonchev–Trinajstić information content (AvgIpc) is 3.19. The molecule has 1 aromatic carbocycles. The summed E-state index contributed by atoms with van der Waals surface area (Å²) in [5, 5.41) is 18.7. The maximum atomic E-state index is 9.36. The summed E-state index contributed by atoms with van der Waals surface area (Å²) in [7, 11) is 0.306. The molecular weight excluding hydrogens is 229 g/mol. The van der Waals surface area contributed by atoms with Crippen LogP contribution in [0.25, 0.3) is 0 Å². The van der Waals surface area contributed by atoms with Gasteiger partial charge in [0.1, 0.15) is 0 Å². The number of hydrogen-bond donors (Lipinski definition) is 2. The Bertz CT molecular complexity index is 382. The van der Waals surface area contributed by atoms with E-state index in [9.17, 15) is 10.0 Å². The smallest absolute Gasteiger partial charge is 0.423 e. The fourth-order valence-electron chi connectivity index (χ4n) is 2.19. The van der Waals surface area contributed by atoms with Crippen molar-refractivity contribution in [1.29, 1.82) is 0 Å². The van der Waals surface area contributed by atoms with Gasteiger partial charge in [-0.05, 0) is 23.9 Å². The maximum absolute atomic E-state index is 9.36. The number of methoxy groups -OCH3 is 1. The van der Waals surface area contributed by atoms with Crippen LogP contribution in [0.3, 0.4) is 0 Å². The van der Waals surface area contributed by atoms with Gasteiger partial charge in [-0.25, -0.2) is 0 Å². The van der Waals surface area contributed by atoms with Gasteiger partial charge in [-0.15, -0.1) is 0 Å². The molecule has 1 saturated carbocycles. The molecule has 2 N–H and O–H groups in total. The second-order valence-corrected chi connectivity index (χ2v) is 4.77. The van der Waals surface area contributed by atoms with Crippen LogP contribution in [0.2, 0.25) is 0 Å². The van der Waals surface area contributed by atoms with Crippen molar-refractivity contribution in [3.05, 3.63) is 29.8 Å². The monoisotopic (exact) mass is 249 g/mol. The van der Waals surface area contributed by atoms with Gasteiger partial charge in [-0.3, -0.25) is 4.90 Å². The third-order valence-electron chi connectivity index (χ3n) is 3.35. The van der Waals surface area contributed by atoms with E-state index in [1.807, 2.05) is 18.2 Å². The maximum Gasteiger partial charge on any atom is 0.488 e. The predicted molar refractivity (Wildman–Crippen MR) is 71.6 cm³/mol. The Hall–Kier alpha value is -0.875. The third-order valence-corrected chi connectivity index (χ3v) is 3.35. The van der Waals surface area contributed by atoms with E-state index in [1.54, 1.807) is 13.2 Å². The van der Waals surface area contributed by atoms with Gasteiger partial charge in [0.2, 0.25) is 0 Å². The molecule has 0 atom stereocenters. The molecule has 0 aliphatic heterocycles. The molecule has 0 radical (unpaired) electrons. The lowest BCUT2D eigenvalue weighted by molar-refractivity contribution is 0.140. The summed E-state index contributed by atoms with van der Waals surface area (Å²) in [5.41, 5.74) is 1.58. The summed E-state index contributed by atoms with van der Waals surface area (Å²) < 4.78 is 5.13. The van der Waals surface area contributed by atoms with Crippen LogP contribution in [-0.2, 0) is 11.3 Å². The molecule has 18 heavy (non-hydrogen) atoms. The van der Waals surface area contributed by atoms with Crippen molar-refractivity contribution in [2.24, 2.45) is 0 Å². The van der Waals surface area contributed by atoms with Gasteiger partial charge in [-0.1, -0.05) is 24.3 Å². The Morgan fingerprint density at radius 3 is 2.67 bits per heavy atom. The Kier molecular flexibility index (Phi) is 4.77. The predicted octanol–water partition coefficient (Wildman–Crippen LogP) is -0.0228. The fourth-order valence-corrected chi connectivity index (χ4v) is 2.19. The Labute approximate surface area is 108 Å². The first-order valence-corrected chi connectivity index (χ1v) is 6.39. The zero-order valence-corrected chi connectivity index (χ0v) is 10.7. The van der Waals surface area contributed by atoms with Gasteiger partial charge in [-0.2, -0.15) is 0 Å². The largest absolute Gasteiger partial charge is 0.488 e. The van der Waals surface area contributed by atoms with Gasteiger partial charge in [0.15, 0.2) is 0 Å². The standard InChI is InChI=1S/C13H20BNO3/c1-18-9-8-15(12-6-7-12)10-11-4-2-3-5-13(11)14(16)17/h2-5,12,16-17H,6-10H2,1H3. The molecule has 0 bridgehead atoms. The van der Waals surface area contributed by atoms with Crippen molar-refractivity contribution < 1.29 is 14.8 Å². The highest BCUT2D eigenvalue weighted by molar-refractivity contribution is 6.59. The highest BCUT2D eigenvalue weighted by Gasteiger charge is 2.29. The molecule has 0 spiro atoms. The van der Waals surface area contributed by atoms with Gasteiger partial charge in [0.25, 0.3) is 0 Å². The molecule has 0 heterocycles. The van der Waals surface area contributed by atoms with Gasteiger partial charge >= 0.3 is 7.12 Å². The lowest BCUT2D eigenvalue weighted by Gasteiger charge is -2.23. The molecule has 98 valence electrons. The van der Waals surface area contributed by atoms with Crippen LogP contribution in [0.15, 0.2) is 24.3 Å². The second kappa shape index (κ2) is 6.34. The molecule has 1 aliphatic rings. The first-order chi connectivity index (χ1) is 8.72. The summed E-state index contributed by atoms with van der Waals surface area (Å²) in [4.78, 5) is 2.35. The highest BCUT2D eigenvalue weighted by atomic mass is 16.5. The summed E-state index contributed by atoms with van der Waals surface area (Å²) in [6.45, 7) is 2.35. The number of rotatable bonds is 7.